The molecule has 0 radical (unpaired) electrons. The average Bonchev–Trinajstić information content (AvgIpc) is 2.51. The molecule has 0 saturated carbocycles. The molecular formula is C16H20N2O2S. The monoisotopic (exact) mass is 304 g/mol. The zero-order chi connectivity index (χ0) is 14.7. The third-order valence-electron chi connectivity index (χ3n) is 3.50. The maximum Gasteiger partial charge on any atom is 0.162 e. The molecule has 1 aromatic heterocycles. The Morgan fingerprint density at radius 2 is 2.05 bits per heavy atom. The molecule has 112 valence electrons. The van der Waals surface area contributed by atoms with Gasteiger partial charge in [-0.2, -0.15) is 11.8 Å². The predicted octanol–water partition coefficient (Wildman–Crippen LogP) is 3.42. The first-order chi connectivity index (χ1) is 10.3. The van der Waals surface area contributed by atoms with Crippen molar-refractivity contribution in [3.63, 3.8) is 0 Å². The van der Waals surface area contributed by atoms with Gasteiger partial charge in [0, 0.05) is 18.1 Å². The fraction of sp³-hybridized carbons (Fsp3) is 0.438. The van der Waals surface area contributed by atoms with Crippen molar-refractivity contribution in [3.8, 4) is 11.5 Å². The zero-order valence-electron chi connectivity index (χ0n) is 12.4. The van der Waals surface area contributed by atoms with E-state index in [1.807, 2.05) is 36.2 Å². The predicted molar refractivity (Wildman–Crippen MR) is 88.8 cm³/mol. The van der Waals surface area contributed by atoms with E-state index in [9.17, 15) is 0 Å². The number of rotatable bonds is 5. The minimum absolute atomic E-state index is 0.603. The van der Waals surface area contributed by atoms with Gasteiger partial charge in [-0.3, -0.25) is 0 Å². The number of benzene rings is 1. The van der Waals surface area contributed by atoms with Gasteiger partial charge >= 0.3 is 0 Å². The van der Waals surface area contributed by atoms with Gasteiger partial charge in [0.1, 0.15) is 19.0 Å². The molecule has 0 amide bonds. The Kier molecular flexibility index (Phi) is 4.39. The van der Waals surface area contributed by atoms with E-state index < -0.39 is 0 Å². The lowest BCUT2D eigenvalue weighted by Gasteiger charge is -2.20. The molecule has 1 aliphatic rings. The summed E-state index contributed by atoms with van der Waals surface area (Å²) in [4.78, 5) is 4.47. The quantitative estimate of drug-likeness (QED) is 0.917. The molecule has 0 spiro atoms. The van der Waals surface area contributed by atoms with Crippen molar-refractivity contribution in [2.75, 3.05) is 37.1 Å². The van der Waals surface area contributed by atoms with E-state index in [1.165, 1.54) is 0 Å². The number of hydrogen-bond donors (Lipinski definition) is 1. The number of aromatic nitrogens is 1. The van der Waals surface area contributed by atoms with E-state index in [2.05, 4.69) is 23.5 Å². The maximum absolute atomic E-state index is 5.67. The van der Waals surface area contributed by atoms with Crippen LogP contribution in [-0.4, -0.2) is 36.8 Å². The molecular weight excluding hydrogens is 284 g/mol. The topological polar surface area (TPSA) is 43.4 Å². The van der Waals surface area contributed by atoms with Gasteiger partial charge in [0.2, 0.25) is 0 Å². The van der Waals surface area contributed by atoms with Crippen molar-refractivity contribution < 1.29 is 9.47 Å². The summed E-state index contributed by atoms with van der Waals surface area (Å²) in [5, 5.41) is 5.66. The van der Waals surface area contributed by atoms with Crippen LogP contribution in [0.1, 0.15) is 6.92 Å². The second-order valence-corrected chi connectivity index (χ2v) is 6.23. The number of ether oxygens (including phenoxy) is 2. The second kappa shape index (κ2) is 6.43. The number of nitrogens with one attached hydrogen (secondary N) is 1. The minimum Gasteiger partial charge on any atom is -0.486 e. The summed E-state index contributed by atoms with van der Waals surface area (Å²) in [6.07, 6.45) is 3.97. The van der Waals surface area contributed by atoms with Crippen LogP contribution in [0.3, 0.4) is 0 Å². The molecule has 0 aliphatic carbocycles. The number of pyridine rings is 1. The first kappa shape index (κ1) is 14.3. The molecule has 1 aliphatic heterocycles. The number of anilines is 1. The van der Waals surface area contributed by atoms with E-state index in [-0.39, 0.29) is 0 Å². The highest BCUT2D eigenvalue weighted by atomic mass is 32.2. The molecule has 1 unspecified atom stereocenters. The first-order valence-corrected chi connectivity index (χ1v) is 8.58. The Morgan fingerprint density at radius 1 is 1.29 bits per heavy atom. The Balaban J connectivity index is 1.88. The van der Waals surface area contributed by atoms with Crippen LogP contribution in [0.5, 0.6) is 11.5 Å². The van der Waals surface area contributed by atoms with Crippen molar-refractivity contribution in [2.24, 2.45) is 5.92 Å². The minimum atomic E-state index is 0.603. The Bertz CT molecular complexity index is 633. The fourth-order valence-corrected chi connectivity index (χ4v) is 3.15. The number of fused-ring (bicyclic) bond motifs is 2. The summed E-state index contributed by atoms with van der Waals surface area (Å²) in [5.74, 6) is 4.29. The van der Waals surface area contributed by atoms with E-state index in [1.54, 1.807) is 0 Å². The molecule has 2 heterocycles. The van der Waals surface area contributed by atoms with E-state index >= 15 is 0 Å². The standard InChI is InChI=1S/C16H20N2O2S/c1-11(10-21-2)9-18-16-13-8-15-14(19-5-6-20-15)7-12(13)3-4-17-16/h3-4,7-8,11H,5-6,9-10H2,1-2H3,(H,17,18). The van der Waals surface area contributed by atoms with Gasteiger partial charge in [0.15, 0.2) is 11.5 Å². The van der Waals surface area contributed by atoms with Gasteiger partial charge in [0.25, 0.3) is 0 Å². The van der Waals surface area contributed by atoms with Crippen LogP contribution >= 0.6 is 11.8 Å². The summed E-state index contributed by atoms with van der Waals surface area (Å²) < 4.78 is 11.3. The van der Waals surface area contributed by atoms with E-state index in [0.29, 0.717) is 19.1 Å². The van der Waals surface area contributed by atoms with E-state index in [4.69, 9.17) is 9.47 Å². The van der Waals surface area contributed by atoms with Crippen LogP contribution in [0.15, 0.2) is 24.4 Å². The lowest BCUT2D eigenvalue weighted by Crippen LogP contribution is -2.16. The molecule has 5 heteroatoms. The molecule has 0 saturated heterocycles. The Labute approximate surface area is 129 Å². The Morgan fingerprint density at radius 3 is 2.81 bits per heavy atom. The maximum atomic E-state index is 5.67. The molecule has 1 aromatic carbocycles. The highest BCUT2D eigenvalue weighted by Gasteiger charge is 2.14. The summed E-state index contributed by atoms with van der Waals surface area (Å²) in [6.45, 7) is 4.38. The fourth-order valence-electron chi connectivity index (χ4n) is 2.46. The average molecular weight is 304 g/mol. The molecule has 2 aromatic rings. The summed E-state index contributed by atoms with van der Waals surface area (Å²) in [6, 6.07) is 6.06. The second-order valence-electron chi connectivity index (χ2n) is 5.32. The molecule has 1 N–H and O–H groups in total. The molecule has 0 bridgehead atoms. The largest absolute Gasteiger partial charge is 0.486 e. The van der Waals surface area contributed by atoms with Crippen molar-refractivity contribution in [1.29, 1.82) is 0 Å². The van der Waals surface area contributed by atoms with Gasteiger partial charge < -0.3 is 14.8 Å². The van der Waals surface area contributed by atoms with E-state index in [0.717, 1.165) is 40.4 Å². The highest BCUT2D eigenvalue weighted by molar-refractivity contribution is 7.98. The normalized spacial score (nSPS) is 15.0. The van der Waals surface area contributed by atoms with Gasteiger partial charge in [-0.05, 0) is 41.5 Å². The zero-order valence-corrected chi connectivity index (χ0v) is 13.2. The molecule has 21 heavy (non-hydrogen) atoms. The summed E-state index contributed by atoms with van der Waals surface area (Å²) in [7, 11) is 0. The van der Waals surface area contributed by atoms with Crippen LogP contribution in [-0.2, 0) is 0 Å². The summed E-state index contributed by atoms with van der Waals surface area (Å²) >= 11 is 1.87. The lowest BCUT2D eigenvalue weighted by molar-refractivity contribution is 0.172. The van der Waals surface area contributed by atoms with Crippen LogP contribution in [0.25, 0.3) is 10.8 Å². The van der Waals surface area contributed by atoms with Crippen LogP contribution in [0.4, 0.5) is 5.82 Å². The lowest BCUT2D eigenvalue weighted by atomic mass is 10.1. The van der Waals surface area contributed by atoms with Crippen molar-refractivity contribution in [1.82, 2.24) is 4.98 Å². The number of thioether (sulfide) groups is 1. The number of nitrogens with zero attached hydrogens (tertiary/aromatic N) is 1. The van der Waals surface area contributed by atoms with Gasteiger partial charge in [-0.1, -0.05) is 6.92 Å². The SMILES string of the molecule is CSCC(C)CNc1nccc2cc3c(cc12)OCCO3. The third-order valence-corrected chi connectivity index (χ3v) is 4.40. The van der Waals surface area contributed by atoms with Crippen molar-refractivity contribution in [2.45, 2.75) is 6.92 Å². The molecule has 0 fully saturated rings. The van der Waals surface area contributed by atoms with Crippen molar-refractivity contribution >= 4 is 28.4 Å². The van der Waals surface area contributed by atoms with Gasteiger partial charge in [0.05, 0.1) is 0 Å². The smallest absolute Gasteiger partial charge is 0.162 e. The summed E-state index contributed by atoms with van der Waals surface area (Å²) in [5.41, 5.74) is 0. The molecule has 1 atom stereocenters. The third kappa shape index (κ3) is 3.18. The van der Waals surface area contributed by atoms with Crippen molar-refractivity contribution in [3.05, 3.63) is 24.4 Å². The Hall–Kier alpha value is -1.62. The van der Waals surface area contributed by atoms with Crippen LogP contribution < -0.4 is 14.8 Å². The first-order valence-electron chi connectivity index (χ1n) is 7.19. The highest BCUT2D eigenvalue weighted by Crippen LogP contribution is 2.36. The van der Waals surface area contributed by atoms with Crippen LogP contribution in [0, 0.1) is 5.92 Å². The molecule has 3 rings (SSSR count). The molecule has 4 nitrogen and oxygen atoms in total. The van der Waals surface area contributed by atoms with Crippen LogP contribution in [0.2, 0.25) is 0 Å². The van der Waals surface area contributed by atoms with Gasteiger partial charge in [-0.15, -0.1) is 0 Å². The number of hydrogen-bond acceptors (Lipinski definition) is 5. The van der Waals surface area contributed by atoms with Gasteiger partial charge in [-0.25, -0.2) is 4.98 Å².